The highest BCUT2D eigenvalue weighted by atomic mass is 16.2. The highest BCUT2D eigenvalue weighted by Gasteiger charge is 2.28. The fraction of sp³-hybridized carbons (Fsp3) is 0.312. The lowest BCUT2D eigenvalue weighted by atomic mass is 10.1. The molecule has 1 amide bonds. The standard InChI is InChI=1S/C16H17NO2/c18-11-3-1-2-10-17-14-9-5-7-12-6-4-8-13(15(12)14)16(17)19/h4-9,18H,1-3,10-11H2. The van der Waals surface area contributed by atoms with E-state index in [0.717, 1.165) is 47.8 Å². The molecule has 2 aromatic rings. The van der Waals surface area contributed by atoms with Crippen molar-refractivity contribution in [3.8, 4) is 0 Å². The topological polar surface area (TPSA) is 40.5 Å². The summed E-state index contributed by atoms with van der Waals surface area (Å²) < 4.78 is 0. The van der Waals surface area contributed by atoms with Crippen molar-refractivity contribution in [2.75, 3.05) is 18.1 Å². The number of nitrogens with zero attached hydrogens (tertiary/aromatic N) is 1. The summed E-state index contributed by atoms with van der Waals surface area (Å²) in [7, 11) is 0. The van der Waals surface area contributed by atoms with Gasteiger partial charge in [-0.05, 0) is 36.8 Å². The van der Waals surface area contributed by atoms with Gasteiger partial charge in [0.15, 0.2) is 0 Å². The van der Waals surface area contributed by atoms with Gasteiger partial charge in [0.05, 0.1) is 5.69 Å². The smallest absolute Gasteiger partial charge is 0.258 e. The minimum atomic E-state index is 0.107. The third-order valence-corrected chi connectivity index (χ3v) is 3.69. The number of benzene rings is 2. The molecule has 0 atom stereocenters. The highest BCUT2D eigenvalue weighted by Crippen LogP contribution is 2.37. The van der Waals surface area contributed by atoms with Crippen LogP contribution in [0.25, 0.3) is 10.8 Å². The summed E-state index contributed by atoms with van der Waals surface area (Å²) in [6, 6.07) is 12.0. The maximum Gasteiger partial charge on any atom is 0.258 e. The van der Waals surface area contributed by atoms with Gasteiger partial charge in [0.25, 0.3) is 5.91 Å². The second kappa shape index (κ2) is 5.02. The van der Waals surface area contributed by atoms with Crippen molar-refractivity contribution >= 4 is 22.4 Å². The van der Waals surface area contributed by atoms with Gasteiger partial charge in [0.2, 0.25) is 0 Å². The first-order valence-corrected chi connectivity index (χ1v) is 6.77. The van der Waals surface area contributed by atoms with Gasteiger partial charge in [-0.2, -0.15) is 0 Å². The van der Waals surface area contributed by atoms with Crippen LogP contribution in [0.5, 0.6) is 0 Å². The molecule has 0 saturated carbocycles. The zero-order valence-electron chi connectivity index (χ0n) is 10.8. The Morgan fingerprint density at radius 3 is 2.58 bits per heavy atom. The number of amides is 1. The Kier molecular flexibility index (Phi) is 3.22. The van der Waals surface area contributed by atoms with E-state index < -0.39 is 0 Å². The van der Waals surface area contributed by atoms with Crippen molar-refractivity contribution in [2.24, 2.45) is 0 Å². The molecule has 0 aromatic heterocycles. The molecule has 1 N–H and O–H groups in total. The zero-order chi connectivity index (χ0) is 13.2. The molecule has 0 unspecified atom stereocenters. The molecule has 1 aliphatic rings. The monoisotopic (exact) mass is 255 g/mol. The van der Waals surface area contributed by atoms with Crippen LogP contribution in [0.3, 0.4) is 0 Å². The van der Waals surface area contributed by atoms with Crippen LogP contribution < -0.4 is 4.90 Å². The summed E-state index contributed by atoms with van der Waals surface area (Å²) in [4.78, 5) is 14.3. The molecule has 98 valence electrons. The molecule has 2 aromatic carbocycles. The number of unbranched alkanes of at least 4 members (excludes halogenated alkanes) is 2. The van der Waals surface area contributed by atoms with Crippen LogP contribution in [0.1, 0.15) is 29.6 Å². The molecular formula is C16H17NO2. The average Bonchev–Trinajstić information content (AvgIpc) is 2.71. The van der Waals surface area contributed by atoms with Crippen molar-refractivity contribution < 1.29 is 9.90 Å². The van der Waals surface area contributed by atoms with Crippen LogP contribution in [0, 0.1) is 0 Å². The number of aliphatic hydroxyl groups is 1. The molecule has 3 heteroatoms. The van der Waals surface area contributed by atoms with E-state index in [1.807, 2.05) is 41.3 Å². The number of carbonyl (C=O) groups excluding carboxylic acids is 1. The first-order chi connectivity index (χ1) is 9.33. The molecule has 1 aliphatic heterocycles. The van der Waals surface area contributed by atoms with Crippen molar-refractivity contribution in [2.45, 2.75) is 19.3 Å². The van der Waals surface area contributed by atoms with E-state index in [4.69, 9.17) is 5.11 Å². The molecule has 0 aliphatic carbocycles. The van der Waals surface area contributed by atoms with E-state index in [0.29, 0.717) is 0 Å². The van der Waals surface area contributed by atoms with Crippen LogP contribution in [-0.4, -0.2) is 24.2 Å². The number of rotatable bonds is 5. The molecule has 0 fully saturated rings. The summed E-state index contributed by atoms with van der Waals surface area (Å²) in [6.45, 7) is 0.955. The van der Waals surface area contributed by atoms with Crippen LogP contribution in [0.4, 0.5) is 5.69 Å². The fourth-order valence-electron chi connectivity index (χ4n) is 2.76. The van der Waals surface area contributed by atoms with Gasteiger partial charge < -0.3 is 10.0 Å². The van der Waals surface area contributed by atoms with Crippen LogP contribution in [0.15, 0.2) is 36.4 Å². The third-order valence-electron chi connectivity index (χ3n) is 3.69. The van der Waals surface area contributed by atoms with Crippen molar-refractivity contribution in [3.63, 3.8) is 0 Å². The van der Waals surface area contributed by atoms with Gasteiger partial charge >= 0.3 is 0 Å². The summed E-state index contributed by atoms with van der Waals surface area (Å²) in [6.07, 6.45) is 2.68. The number of hydrogen-bond donors (Lipinski definition) is 1. The molecule has 3 rings (SSSR count). The Balaban J connectivity index is 1.90. The number of carbonyl (C=O) groups is 1. The van der Waals surface area contributed by atoms with E-state index >= 15 is 0 Å². The SMILES string of the molecule is O=C1c2cccc3cccc(c23)N1CCCCCO. The van der Waals surface area contributed by atoms with Crippen LogP contribution in [-0.2, 0) is 0 Å². The van der Waals surface area contributed by atoms with Crippen molar-refractivity contribution in [3.05, 3.63) is 42.0 Å². The predicted octanol–water partition coefficient (Wildman–Crippen LogP) is 2.96. The first kappa shape index (κ1) is 12.2. The average molecular weight is 255 g/mol. The molecule has 19 heavy (non-hydrogen) atoms. The minimum absolute atomic E-state index is 0.107. The van der Waals surface area contributed by atoms with E-state index in [2.05, 4.69) is 0 Å². The van der Waals surface area contributed by atoms with Crippen LogP contribution in [0.2, 0.25) is 0 Å². The molecular weight excluding hydrogens is 238 g/mol. The van der Waals surface area contributed by atoms with Gasteiger partial charge in [-0.15, -0.1) is 0 Å². The Morgan fingerprint density at radius 1 is 1.00 bits per heavy atom. The summed E-state index contributed by atoms with van der Waals surface area (Å²) in [5.74, 6) is 0.107. The Bertz CT molecular complexity index is 616. The molecule has 0 radical (unpaired) electrons. The van der Waals surface area contributed by atoms with Gasteiger partial charge in [-0.1, -0.05) is 24.3 Å². The molecule has 0 bridgehead atoms. The summed E-state index contributed by atoms with van der Waals surface area (Å²) in [5, 5.41) is 11.0. The van der Waals surface area contributed by atoms with Crippen molar-refractivity contribution in [1.82, 2.24) is 0 Å². The molecule has 3 nitrogen and oxygen atoms in total. The number of anilines is 1. The lowest BCUT2D eigenvalue weighted by molar-refractivity contribution is 0.0992. The maximum atomic E-state index is 12.4. The fourth-order valence-corrected chi connectivity index (χ4v) is 2.76. The lowest BCUT2D eigenvalue weighted by Crippen LogP contribution is -2.27. The Morgan fingerprint density at radius 2 is 1.79 bits per heavy atom. The number of hydrogen-bond acceptors (Lipinski definition) is 2. The molecule has 0 spiro atoms. The van der Waals surface area contributed by atoms with Crippen molar-refractivity contribution in [1.29, 1.82) is 0 Å². The van der Waals surface area contributed by atoms with Crippen LogP contribution >= 0.6 is 0 Å². The predicted molar refractivity (Wildman–Crippen MR) is 76.6 cm³/mol. The minimum Gasteiger partial charge on any atom is -0.396 e. The molecule has 1 heterocycles. The third kappa shape index (κ3) is 2.00. The second-order valence-corrected chi connectivity index (χ2v) is 4.92. The van der Waals surface area contributed by atoms with Gasteiger partial charge in [-0.25, -0.2) is 0 Å². The largest absolute Gasteiger partial charge is 0.396 e. The zero-order valence-corrected chi connectivity index (χ0v) is 10.8. The Hall–Kier alpha value is -1.87. The maximum absolute atomic E-state index is 12.4. The van der Waals surface area contributed by atoms with Gasteiger partial charge in [0, 0.05) is 24.1 Å². The summed E-state index contributed by atoms with van der Waals surface area (Å²) in [5.41, 5.74) is 1.84. The van der Waals surface area contributed by atoms with Gasteiger partial charge in [0.1, 0.15) is 0 Å². The Labute approximate surface area is 112 Å². The van der Waals surface area contributed by atoms with E-state index in [1.165, 1.54) is 0 Å². The number of aliphatic hydroxyl groups excluding tert-OH is 1. The molecule has 0 saturated heterocycles. The second-order valence-electron chi connectivity index (χ2n) is 4.92. The quantitative estimate of drug-likeness (QED) is 0.834. The first-order valence-electron chi connectivity index (χ1n) is 6.77. The van der Waals surface area contributed by atoms with E-state index in [9.17, 15) is 4.79 Å². The van der Waals surface area contributed by atoms with E-state index in [-0.39, 0.29) is 12.5 Å². The van der Waals surface area contributed by atoms with Gasteiger partial charge in [-0.3, -0.25) is 4.79 Å². The summed E-state index contributed by atoms with van der Waals surface area (Å²) >= 11 is 0. The van der Waals surface area contributed by atoms with E-state index in [1.54, 1.807) is 0 Å². The highest BCUT2D eigenvalue weighted by molar-refractivity contribution is 6.24. The normalized spacial score (nSPS) is 13.5. The lowest BCUT2D eigenvalue weighted by Gasteiger charge is -2.17.